The van der Waals surface area contributed by atoms with Crippen LogP contribution in [0.15, 0.2) is 60.7 Å². The van der Waals surface area contributed by atoms with Gasteiger partial charge in [-0.2, -0.15) is 0 Å². The third-order valence-corrected chi connectivity index (χ3v) is 9.01. The zero-order valence-electron chi connectivity index (χ0n) is 11.5. The normalized spacial score (nSPS) is 12.4. The molecule has 0 aliphatic carbocycles. The molecule has 0 N–H and O–H groups in total. The fourth-order valence-electron chi connectivity index (χ4n) is 2.48. The summed E-state index contributed by atoms with van der Waals surface area (Å²) in [6, 6.07) is 21.6. The molecule has 0 bridgehead atoms. The molecule has 93 valence electrons. The fourth-order valence-corrected chi connectivity index (χ4v) is 6.07. The average Bonchev–Trinajstić information content (AvgIpc) is 2.38. The lowest BCUT2D eigenvalue weighted by molar-refractivity contribution is 0.738. The van der Waals surface area contributed by atoms with Crippen molar-refractivity contribution in [1.29, 1.82) is 0 Å². The maximum atomic E-state index is 4.72. The van der Waals surface area contributed by atoms with Crippen molar-refractivity contribution in [3.05, 3.63) is 67.2 Å². The first kappa shape index (κ1) is 13.1. The molecule has 0 aliphatic rings. The molecule has 18 heavy (non-hydrogen) atoms. The molecule has 0 heterocycles. The first-order valence-electron chi connectivity index (χ1n) is 6.42. The molecule has 0 amide bonds. The van der Waals surface area contributed by atoms with Crippen molar-refractivity contribution in [1.82, 2.24) is 0 Å². The van der Waals surface area contributed by atoms with E-state index in [1.165, 1.54) is 10.4 Å². The molecule has 0 aliphatic heterocycles. The van der Waals surface area contributed by atoms with Crippen LogP contribution in [0.4, 0.5) is 0 Å². The monoisotopic (exact) mass is 253 g/mol. The van der Waals surface area contributed by atoms with Gasteiger partial charge in [0.25, 0.3) is 0 Å². The van der Waals surface area contributed by atoms with Gasteiger partial charge in [-0.1, -0.05) is 98.4 Å². The highest BCUT2D eigenvalue weighted by molar-refractivity contribution is 7.05. The number of hydrogen-bond acceptors (Lipinski definition) is 0. The highest BCUT2D eigenvalue weighted by atomic mass is 28.3. The van der Waals surface area contributed by atoms with Crippen LogP contribution < -0.4 is 10.4 Å². The van der Waals surface area contributed by atoms with Gasteiger partial charge in [0.05, 0.1) is 0 Å². The minimum atomic E-state index is -1.95. The zero-order valence-corrected chi connectivity index (χ0v) is 12.5. The molecular formula is C17H21Si. The molecule has 0 aromatic heterocycles. The largest absolute Gasteiger partial charge is 0.123 e. The Morgan fingerprint density at radius 1 is 0.722 bits per heavy atom. The van der Waals surface area contributed by atoms with Gasteiger partial charge in [0.2, 0.25) is 0 Å². The molecule has 0 saturated heterocycles. The predicted molar refractivity (Wildman–Crippen MR) is 83.0 cm³/mol. The molecule has 0 unspecified atom stereocenters. The number of hydrogen-bond donors (Lipinski definition) is 0. The Labute approximate surface area is 112 Å². The lowest BCUT2D eigenvalue weighted by Gasteiger charge is -2.41. The van der Waals surface area contributed by atoms with Crippen molar-refractivity contribution in [2.45, 2.75) is 25.8 Å². The van der Waals surface area contributed by atoms with E-state index in [0.29, 0.717) is 0 Å². The van der Waals surface area contributed by atoms with Crippen LogP contribution in [-0.2, 0) is 0 Å². The quantitative estimate of drug-likeness (QED) is 0.719. The van der Waals surface area contributed by atoms with Gasteiger partial charge in [-0.3, -0.25) is 0 Å². The van der Waals surface area contributed by atoms with Crippen LogP contribution in [0.25, 0.3) is 0 Å². The lowest BCUT2D eigenvalue weighted by Crippen LogP contribution is -2.62. The van der Waals surface area contributed by atoms with Crippen molar-refractivity contribution in [3.63, 3.8) is 0 Å². The summed E-state index contributed by atoms with van der Waals surface area (Å²) in [4.78, 5) is 0. The van der Waals surface area contributed by atoms with E-state index in [-0.39, 0.29) is 5.04 Å². The van der Waals surface area contributed by atoms with Gasteiger partial charge in [-0.25, -0.2) is 0 Å². The van der Waals surface area contributed by atoms with Crippen molar-refractivity contribution in [2.75, 3.05) is 0 Å². The molecular weight excluding hydrogens is 232 g/mol. The molecule has 2 aromatic carbocycles. The molecule has 0 atom stereocenters. The second-order valence-electron chi connectivity index (χ2n) is 5.89. The highest BCUT2D eigenvalue weighted by Crippen LogP contribution is 2.34. The SMILES string of the molecule is [CH2][Si](c1ccccc1)(c1ccccc1)C(C)(C)C. The summed E-state index contributed by atoms with van der Waals surface area (Å²) in [5.74, 6) is 0. The third kappa shape index (κ3) is 2.15. The highest BCUT2D eigenvalue weighted by Gasteiger charge is 2.42. The molecule has 0 spiro atoms. The summed E-state index contributed by atoms with van der Waals surface area (Å²) < 4.78 is 0. The summed E-state index contributed by atoms with van der Waals surface area (Å²) >= 11 is 0. The summed E-state index contributed by atoms with van der Waals surface area (Å²) in [6.07, 6.45) is 0. The topological polar surface area (TPSA) is 0 Å². The van der Waals surface area contributed by atoms with Gasteiger partial charge in [-0.05, 0) is 5.04 Å². The van der Waals surface area contributed by atoms with E-state index in [0.717, 1.165) is 0 Å². The molecule has 0 nitrogen and oxygen atoms in total. The smallest absolute Gasteiger partial charge is 0.0626 e. The van der Waals surface area contributed by atoms with E-state index in [1.807, 2.05) is 0 Å². The standard InChI is InChI=1S/C17H21Si/c1-17(2,3)18(4,15-11-7-5-8-12-15)16-13-9-6-10-14-16/h5-14H,4H2,1-3H3. The van der Waals surface area contributed by atoms with Gasteiger partial charge in [0.1, 0.15) is 8.07 Å². The van der Waals surface area contributed by atoms with Crippen LogP contribution >= 0.6 is 0 Å². The number of benzene rings is 2. The first-order valence-corrected chi connectivity index (χ1v) is 8.63. The van der Waals surface area contributed by atoms with Crippen LogP contribution in [0, 0.1) is 6.55 Å². The summed E-state index contributed by atoms with van der Waals surface area (Å²) in [5.41, 5.74) is 0. The predicted octanol–water partition coefficient (Wildman–Crippen LogP) is 3.42. The third-order valence-electron chi connectivity index (χ3n) is 3.81. The Bertz CT molecular complexity index is 455. The van der Waals surface area contributed by atoms with E-state index >= 15 is 0 Å². The second-order valence-corrected chi connectivity index (χ2v) is 10.4. The Kier molecular flexibility index (Phi) is 3.44. The Balaban J connectivity index is 2.63. The van der Waals surface area contributed by atoms with Gasteiger partial charge in [0.15, 0.2) is 0 Å². The van der Waals surface area contributed by atoms with Gasteiger partial charge >= 0.3 is 0 Å². The van der Waals surface area contributed by atoms with Crippen LogP contribution in [0.5, 0.6) is 0 Å². The van der Waals surface area contributed by atoms with E-state index in [9.17, 15) is 0 Å². The maximum Gasteiger partial charge on any atom is 0.123 e. The van der Waals surface area contributed by atoms with Gasteiger partial charge < -0.3 is 0 Å². The lowest BCUT2D eigenvalue weighted by atomic mass is 10.2. The van der Waals surface area contributed by atoms with Gasteiger partial charge in [-0.15, -0.1) is 0 Å². The first-order chi connectivity index (χ1) is 8.46. The summed E-state index contributed by atoms with van der Waals surface area (Å²) in [5, 5.41) is 3.00. The molecule has 1 radical (unpaired) electrons. The van der Waals surface area contributed by atoms with Crippen molar-refractivity contribution < 1.29 is 0 Å². The second kappa shape index (κ2) is 4.73. The molecule has 0 saturated carbocycles. The Morgan fingerprint density at radius 2 is 1.06 bits per heavy atom. The van der Waals surface area contributed by atoms with Crippen LogP contribution in [-0.4, -0.2) is 8.07 Å². The molecule has 0 fully saturated rings. The van der Waals surface area contributed by atoms with Gasteiger partial charge in [0, 0.05) is 0 Å². The minimum absolute atomic E-state index is 0.190. The average molecular weight is 253 g/mol. The van der Waals surface area contributed by atoms with Crippen LogP contribution in [0.1, 0.15) is 20.8 Å². The van der Waals surface area contributed by atoms with E-state index in [4.69, 9.17) is 6.55 Å². The van der Waals surface area contributed by atoms with E-state index < -0.39 is 8.07 Å². The van der Waals surface area contributed by atoms with Crippen molar-refractivity contribution >= 4 is 18.4 Å². The molecule has 2 aromatic rings. The molecule has 2 rings (SSSR count). The Morgan fingerprint density at radius 3 is 1.33 bits per heavy atom. The van der Waals surface area contributed by atoms with Crippen LogP contribution in [0.3, 0.4) is 0 Å². The van der Waals surface area contributed by atoms with E-state index in [2.05, 4.69) is 81.4 Å². The van der Waals surface area contributed by atoms with Crippen LogP contribution in [0.2, 0.25) is 5.04 Å². The maximum absolute atomic E-state index is 4.72. The number of rotatable bonds is 2. The van der Waals surface area contributed by atoms with E-state index in [1.54, 1.807) is 0 Å². The summed E-state index contributed by atoms with van der Waals surface area (Å²) in [7, 11) is -1.95. The van der Waals surface area contributed by atoms with Crippen molar-refractivity contribution in [2.24, 2.45) is 0 Å². The summed E-state index contributed by atoms with van der Waals surface area (Å²) in [6.45, 7) is 11.7. The molecule has 1 heteroatoms. The fraction of sp³-hybridized carbons (Fsp3) is 0.235. The van der Waals surface area contributed by atoms with Crippen molar-refractivity contribution in [3.8, 4) is 0 Å². The Hall–Kier alpha value is -1.34. The minimum Gasteiger partial charge on any atom is -0.0626 e. The zero-order chi connectivity index (χ0) is 13.2.